The quantitative estimate of drug-likeness (QED) is 0.237. The first-order valence-electron chi connectivity index (χ1n) is 12.4. The van der Waals surface area contributed by atoms with Crippen LogP contribution in [0.3, 0.4) is 0 Å². The number of piperidine rings is 1. The summed E-state index contributed by atoms with van der Waals surface area (Å²) in [5, 5.41) is 6.45. The van der Waals surface area contributed by atoms with Crippen LogP contribution in [0.4, 0.5) is 17.6 Å². The summed E-state index contributed by atoms with van der Waals surface area (Å²) in [6.45, 7) is -0.0401. The van der Waals surface area contributed by atoms with Crippen LogP contribution in [0.2, 0.25) is 0 Å². The lowest BCUT2D eigenvalue weighted by Crippen LogP contribution is -2.57. The number of ketones is 1. The molecule has 0 amide bonds. The number of carbonyl (C=O) groups is 1. The minimum absolute atomic E-state index is 0.0982. The average Bonchev–Trinajstić information content (AvgIpc) is 3.61. The molecular weight excluding hydrogens is 568 g/mol. The molecule has 1 aliphatic carbocycles. The number of Topliss-reactive ketones (excluding diaryl/α,β-unsaturated/α-hetero) is 1. The van der Waals surface area contributed by atoms with Crippen molar-refractivity contribution in [3.8, 4) is 5.69 Å². The van der Waals surface area contributed by atoms with Crippen LogP contribution in [-0.4, -0.2) is 46.4 Å². The van der Waals surface area contributed by atoms with Crippen LogP contribution < -0.4 is 0 Å². The van der Waals surface area contributed by atoms with E-state index in [9.17, 15) is 30.8 Å². The van der Waals surface area contributed by atoms with Crippen LogP contribution in [0.15, 0.2) is 71.2 Å². The Morgan fingerprint density at radius 3 is 2.45 bits per heavy atom. The van der Waals surface area contributed by atoms with E-state index in [1.54, 1.807) is 28.4 Å². The van der Waals surface area contributed by atoms with Crippen LogP contribution in [0.1, 0.15) is 33.0 Å². The SMILES string of the molecule is O=C(c1nccs1)C12Cc3cnn(-c4ccc(F)cc4)c3CC1CCN(S(=O)(=O)c1ccc(C(F)(F)F)cc1)C2. The monoisotopic (exact) mass is 590 g/mol. The second kappa shape index (κ2) is 9.60. The van der Waals surface area contributed by atoms with Crippen molar-refractivity contribution < 1.29 is 30.8 Å². The molecule has 4 aromatic rings. The van der Waals surface area contributed by atoms with Gasteiger partial charge in [-0.3, -0.25) is 4.79 Å². The van der Waals surface area contributed by atoms with Crippen LogP contribution in [0, 0.1) is 17.2 Å². The van der Waals surface area contributed by atoms with E-state index in [0.717, 1.165) is 35.5 Å². The van der Waals surface area contributed by atoms with Crippen molar-refractivity contribution >= 4 is 27.1 Å². The molecule has 2 aromatic carbocycles. The molecule has 0 radical (unpaired) electrons. The Morgan fingerprint density at radius 1 is 1.07 bits per heavy atom. The number of hydrogen-bond donors (Lipinski definition) is 0. The van der Waals surface area contributed by atoms with E-state index in [2.05, 4.69) is 10.1 Å². The second-order valence-corrected chi connectivity index (χ2v) is 12.9. The zero-order chi connectivity index (χ0) is 28.3. The van der Waals surface area contributed by atoms with Gasteiger partial charge in [-0.05, 0) is 79.3 Å². The maximum Gasteiger partial charge on any atom is 0.416 e. The van der Waals surface area contributed by atoms with E-state index in [1.165, 1.54) is 34.0 Å². The normalized spacial score (nSPS) is 21.6. The lowest BCUT2D eigenvalue weighted by molar-refractivity contribution is -0.137. The summed E-state index contributed by atoms with van der Waals surface area (Å²) in [5.41, 5.74) is 0.235. The van der Waals surface area contributed by atoms with Gasteiger partial charge in [0, 0.05) is 30.4 Å². The molecule has 0 saturated carbocycles. The predicted molar refractivity (Wildman–Crippen MR) is 138 cm³/mol. The molecule has 208 valence electrons. The summed E-state index contributed by atoms with van der Waals surface area (Å²) in [6, 6.07) is 9.30. The van der Waals surface area contributed by atoms with E-state index in [4.69, 9.17) is 0 Å². The van der Waals surface area contributed by atoms with Crippen molar-refractivity contribution in [2.45, 2.75) is 30.3 Å². The molecule has 40 heavy (non-hydrogen) atoms. The van der Waals surface area contributed by atoms with Gasteiger partial charge in [-0.2, -0.15) is 22.6 Å². The molecule has 2 aromatic heterocycles. The van der Waals surface area contributed by atoms with Gasteiger partial charge in [0.2, 0.25) is 10.0 Å². The molecule has 1 aliphatic heterocycles. The van der Waals surface area contributed by atoms with Gasteiger partial charge in [0.15, 0.2) is 10.8 Å². The third-order valence-electron chi connectivity index (χ3n) is 7.84. The van der Waals surface area contributed by atoms with Gasteiger partial charge in [-0.1, -0.05) is 0 Å². The molecule has 6 rings (SSSR count). The van der Waals surface area contributed by atoms with E-state index in [1.807, 2.05) is 0 Å². The molecule has 2 aliphatic rings. The van der Waals surface area contributed by atoms with E-state index in [-0.39, 0.29) is 46.9 Å². The topological polar surface area (TPSA) is 85.2 Å². The highest BCUT2D eigenvalue weighted by Crippen LogP contribution is 2.48. The number of alkyl halides is 3. The lowest BCUT2D eigenvalue weighted by atomic mass is 9.61. The Bertz CT molecular complexity index is 1670. The maximum absolute atomic E-state index is 14.0. The van der Waals surface area contributed by atoms with Gasteiger partial charge in [0.25, 0.3) is 0 Å². The van der Waals surface area contributed by atoms with Gasteiger partial charge in [-0.25, -0.2) is 22.5 Å². The summed E-state index contributed by atoms with van der Waals surface area (Å²) in [7, 11) is -4.19. The molecule has 0 bridgehead atoms. The van der Waals surface area contributed by atoms with Crippen LogP contribution >= 0.6 is 11.3 Å². The van der Waals surface area contributed by atoms with Crippen molar-refractivity contribution in [3.05, 3.63) is 94.0 Å². The fourth-order valence-electron chi connectivity index (χ4n) is 5.80. The standard InChI is InChI=1S/C27H22F4N4O3S2/c28-20-3-5-21(6-4-20)35-23-13-19-9-11-34(40(37,38)22-7-1-18(2-8-22)27(29,30)31)16-26(19,14-17(23)15-33-35)24(36)25-32-10-12-39-25/h1-8,10,12,15,19H,9,11,13-14,16H2. The molecule has 3 heterocycles. The van der Waals surface area contributed by atoms with Gasteiger partial charge >= 0.3 is 6.18 Å². The number of thiazole rings is 1. The molecular formula is C27H22F4N4O3S2. The molecule has 13 heteroatoms. The Morgan fingerprint density at radius 2 is 1.80 bits per heavy atom. The largest absolute Gasteiger partial charge is 0.416 e. The molecule has 1 saturated heterocycles. The number of sulfonamides is 1. The molecule has 2 atom stereocenters. The number of carbonyl (C=O) groups excluding carboxylic acids is 1. The fraction of sp³-hybridized carbons (Fsp3) is 0.296. The zero-order valence-corrected chi connectivity index (χ0v) is 22.4. The summed E-state index contributed by atoms with van der Waals surface area (Å²) in [5.74, 6) is -0.884. The van der Waals surface area contributed by atoms with E-state index >= 15 is 0 Å². The first-order valence-corrected chi connectivity index (χ1v) is 14.7. The van der Waals surface area contributed by atoms with Crippen molar-refractivity contribution in [2.24, 2.45) is 11.3 Å². The van der Waals surface area contributed by atoms with Gasteiger partial charge in [0.05, 0.1) is 27.8 Å². The maximum atomic E-state index is 14.0. The average molecular weight is 591 g/mol. The number of nitrogens with zero attached hydrogens (tertiary/aromatic N) is 4. The first kappa shape index (κ1) is 26.8. The van der Waals surface area contributed by atoms with Crippen molar-refractivity contribution in [3.63, 3.8) is 0 Å². The fourth-order valence-corrected chi connectivity index (χ4v) is 8.01. The zero-order valence-electron chi connectivity index (χ0n) is 20.8. The Kier molecular flexibility index (Phi) is 6.43. The predicted octanol–water partition coefficient (Wildman–Crippen LogP) is 5.17. The Labute approximate surface area is 231 Å². The van der Waals surface area contributed by atoms with Crippen LogP contribution in [-0.2, 0) is 29.0 Å². The Balaban J connectivity index is 1.38. The number of fused-ring (bicyclic) bond motifs is 2. The van der Waals surface area contributed by atoms with E-state index < -0.39 is 27.2 Å². The van der Waals surface area contributed by atoms with Crippen LogP contribution in [0.25, 0.3) is 5.69 Å². The highest BCUT2D eigenvalue weighted by atomic mass is 32.2. The third kappa shape index (κ3) is 4.45. The molecule has 2 unspecified atom stereocenters. The van der Waals surface area contributed by atoms with Crippen molar-refractivity contribution in [1.82, 2.24) is 19.1 Å². The molecule has 1 fully saturated rings. The summed E-state index contributed by atoms with van der Waals surface area (Å²) >= 11 is 1.18. The second-order valence-electron chi connectivity index (χ2n) is 10.1. The van der Waals surface area contributed by atoms with Crippen molar-refractivity contribution in [2.75, 3.05) is 13.1 Å². The molecule has 7 nitrogen and oxygen atoms in total. The third-order valence-corrected chi connectivity index (χ3v) is 10.5. The highest BCUT2D eigenvalue weighted by Gasteiger charge is 2.55. The number of hydrogen-bond acceptors (Lipinski definition) is 6. The molecule has 0 spiro atoms. The minimum atomic E-state index is -4.59. The summed E-state index contributed by atoms with van der Waals surface area (Å²) in [6.07, 6.45) is -0.420. The lowest BCUT2D eigenvalue weighted by Gasteiger charge is -2.48. The smallest absolute Gasteiger partial charge is 0.291 e. The van der Waals surface area contributed by atoms with Gasteiger partial charge in [0.1, 0.15) is 5.82 Å². The Hall–Kier alpha value is -3.42. The summed E-state index contributed by atoms with van der Waals surface area (Å²) < 4.78 is 82.8. The van der Waals surface area contributed by atoms with Crippen molar-refractivity contribution in [1.29, 1.82) is 0 Å². The van der Waals surface area contributed by atoms with E-state index in [0.29, 0.717) is 18.5 Å². The van der Waals surface area contributed by atoms with Gasteiger partial charge < -0.3 is 0 Å². The minimum Gasteiger partial charge on any atom is -0.291 e. The first-order chi connectivity index (χ1) is 19.0. The van der Waals surface area contributed by atoms with Crippen LogP contribution in [0.5, 0.6) is 0 Å². The van der Waals surface area contributed by atoms with Gasteiger partial charge in [-0.15, -0.1) is 11.3 Å². The number of aromatic nitrogens is 3. The number of benzene rings is 2. The summed E-state index contributed by atoms with van der Waals surface area (Å²) in [4.78, 5) is 18.0. The molecule has 0 N–H and O–H groups in total. The highest BCUT2D eigenvalue weighted by molar-refractivity contribution is 7.89. The number of halogens is 4. The number of rotatable bonds is 5.